The van der Waals surface area contributed by atoms with Crippen molar-refractivity contribution in [1.82, 2.24) is 20.1 Å². The lowest BCUT2D eigenvalue weighted by Gasteiger charge is -2.12. The number of hydrogen-bond acceptors (Lipinski definition) is 6. The smallest absolute Gasteiger partial charge is 0.407 e. The summed E-state index contributed by atoms with van der Waals surface area (Å²) in [5.41, 5.74) is 1.76. The number of rotatable bonds is 6. The van der Waals surface area contributed by atoms with Crippen LogP contribution < -0.4 is 10.1 Å². The zero-order chi connectivity index (χ0) is 19.5. The minimum Gasteiger partial charge on any atom is -0.497 e. The van der Waals surface area contributed by atoms with Gasteiger partial charge in [-0.2, -0.15) is 0 Å². The Bertz CT molecular complexity index is 993. The van der Waals surface area contributed by atoms with Gasteiger partial charge in [-0.25, -0.2) is 4.79 Å². The van der Waals surface area contributed by atoms with Crippen LogP contribution in [0.25, 0.3) is 17.1 Å². The molecule has 0 unspecified atom stereocenters. The van der Waals surface area contributed by atoms with Gasteiger partial charge in [0.15, 0.2) is 11.0 Å². The SMILES string of the molecule is COc1cccc(-c2nnc(SC[C@H]3CNC(=O)O3)n2-c2ccc(Cl)cc2)c1. The van der Waals surface area contributed by atoms with Crippen LogP contribution in [0.5, 0.6) is 5.75 Å². The maximum absolute atomic E-state index is 11.2. The Morgan fingerprint density at radius 3 is 2.82 bits per heavy atom. The molecule has 1 saturated heterocycles. The number of nitrogens with zero attached hydrogens (tertiary/aromatic N) is 3. The molecule has 1 aromatic heterocycles. The molecule has 144 valence electrons. The second kappa shape index (κ2) is 8.12. The summed E-state index contributed by atoms with van der Waals surface area (Å²) < 4.78 is 12.5. The molecule has 0 spiro atoms. The third kappa shape index (κ3) is 3.93. The van der Waals surface area contributed by atoms with Gasteiger partial charge in [-0.3, -0.25) is 4.57 Å². The number of amides is 1. The zero-order valence-electron chi connectivity index (χ0n) is 15.0. The van der Waals surface area contributed by atoms with Crippen molar-refractivity contribution >= 4 is 29.5 Å². The lowest BCUT2D eigenvalue weighted by atomic mass is 10.2. The quantitative estimate of drug-likeness (QED) is 0.616. The Balaban J connectivity index is 1.70. The van der Waals surface area contributed by atoms with E-state index in [4.69, 9.17) is 21.1 Å². The fraction of sp³-hybridized carbons (Fsp3) is 0.211. The third-order valence-corrected chi connectivity index (χ3v) is 5.51. The van der Waals surface area contributed by atoms with Crippen LogP contribution in [0.15, 0.2) is 53.7 Å². The maximum Gasteiger partial charge on any atom is 0.407 e. The van der Waals surface area contributed by atoms with Gasteiger partial charge in [0, 0.05) is 22.0 Å². The van der Waals surface area contributed by atoms with Gasteiger partial charge in [-0.05, 0) is 36.4 Å². The Kier molecular flexibility index (Phi) is 5.40. The summed E-state index contributed by atoms with van der Waals surface area (Å²) in [6, 6.07) is 15.1. The topological polar surface area (TPSA) is 78.3 Å². The van der Waals surface area contributed by atoms with E-state index >= 15 is 0 Å². The van der Waals surface area contributed by atoms with Crippen LogP contribution in [0.2, 0.25) is 5.02 Å². The van der Waals surface area contributed by atoms with E-state index in [1.165, 1.54) is 11.8 Å². The maximum atomic E-state index is 11.2. The number of hydrogen-bond donors (Lipinski definition) is 1. The molecule has 2 heterocycles. The number of carbonyl (C=O) groups is 1. The number of aromatic nitrogens is 3. The molecule has 1 amide bonds. The molecule has 0 bridgehead atoms. The minimum absolute atomic E-state index is 0.201. The molecule has 1 atom stereocenters. The first-order valence-corrected chi connectivity index (χ1v) is 9.93. The van der Waals surface area contributed by atoms with E-state index < -0.39 is 0 Å². The molecular formula is C19H17ClN4O3S. The van der Waals surface area contributed by atoms with Crippen LogP contribution >= 0.6 is 23.4 Å². The summed E-state index contributed by atoms with van der Waals surface area (Å²) >= 11 is 7.53. The first-order valence-electron chi connectivity index (χ1n) is 8.57. The second-order valence-electron chi connectivity index (χ2n) is 6.07. The fourth-order valence-corrected chi connectivity index (χ4v) is 3.89. The van der Waals surface area contributed by atoms with E-state index in [9.17, 15) is 4.79 Å². The van der Waals surface area contributed by atoms with Gasteiger partial charge in [-0.1, -0.05) is 35.5 Å². The highest BCUT2D eigenvalue weighted by Gasteiger charge is 2.24. The number of alkyl carbamates (subject to hydrolysis) is 1. The van der Waals surface area contributed by atoms with Gasteiger partial charge >= 0.3 is 6.09 Å². The number of benzene rings is 2. The molecule has 0 aliphatic carbocycles. The minimum atomic E-state index is -0.387. The monoisotopic (exact) mass is 416 g/mol. The Morgan fingerprint density at radius 1 is 1.29 bits per heavy atom. The average Bonchev–Trinajstić information content (AvgIpc) is 3.33. The number of thioether (sulfide) groups is 1. The van der Waals surface area contributed by atoms with Gasteiger partial charge < -0.3 is 14.8 Å². The van der Waals surface area contributed by atoms with Crippen molar-refractivity contribution in [3.8, 4) is 22.8 Å². The molecule has 7 nitrogen and oxygen atoms in total. The van der Waals surface area contributed by atoms with E-state index in [1.807, 2.05) is 53.1 Å². The van der Waals surface area contributed by atoms with E-state index in [0.29, 0.717) is 28.3 Å². The molecule has 28 heavy (non-hydrogen) atoms. The predicted octanol–water partition coefficient (Wildman–Crippen LogP) is 3.80. The number of ether oxygens (including phenoxy) is 2. The van der Waals surface area contributed by atoms with Crippen LogP contribution in [-0.2, 0) is 4.74 Å². The van der Waals surface area contributed by atoms with E-state index in [0.717, 1.165) is 17.0 Å². The Hall–Kier alpha value is -2.71. The number of halogens is 1. The molecule has 3 aromatic rings. The highest BCUT2D eigenvalue weighted by molar-refractivity contribution is 7.99. The van der Waals surface area contributed by atoms with Crippen molar-refractivity contribution < 1.29 is 14.3 Å². The first-order chi connectivity index (χ1) is 13.6. The molecule has 1 N–H and O–H groups in total. The summed E-state index contributed by atoms with van der Waals surface area (Å²) in [6.45, 7) is 0.490. The van der Waals surface area contributed by atoms with Crippen molar-refractivity contribution in [3.63, 3.8) is 0 Å². The van der Waals surface area contributed by atoms with Gasteiger partial charge in [-0.15, -0.1) is 10.2 Å². The fourth-order valence-electron chi connectivity index (χ4n) is 2.83. The molecule has 0 saturated carbocycles. The number of cyclic esters (lactones) is 1. The molecule has 2 aromatic carbocycles. The molecule has 1 aliphatic rings. The summed E-state index contributed by atoms with van der Waals surface area (Å²) in [7, 11) is 1.63. The van der Waals surface area contributed by atoms with E-state index in [-0.39, 0.29) is 12.2 Å². The number of nitrogens with one attached hydrogen (secondary N) is 1. The normalized spacial score (nSPS) is 15.9. The average molecular weight is 417 g/mol. The standard InChI is InChI=1S/C19H17ClN4O3S/c1-26-15-4-2-3-12(9-15)17-22-23-18(28-11-16-10-21-19(25)27-16)24(17)14-7-5-13(20)6-8-14/h2-9,16H,10-11H2,1H3,(H,21,25)/t16-/m1/s1. The van der Waals surface area contributed by atoms with Crippen LogP contribution in [0.4, 0.5) is 4.79 Å². The lowest BCUT2D eigenvalue weighted by Crippen LogP contribution is -2.17. The summed E-state index contributed by atoms with van der Waals surface area (Å²) in [6.07, 6.45) is -0.588. The first kappa shape index (κ1) is 18.6. The van der Waals surface area contributed by atoms with Crippen LogP contribution in [0.3, 0.4) is 0 Å². The lowest BCUT2D eigenvalue weighted by molar-refractivity contribution is 0.150. The largest absolute Gasteiger partial charge is 0.497 e. The highest BCUT2D eigenvalue weighted by atomic mass is 35.5. The summed E-state index contributed by atoms with van der Waals surface area (Å²) in [4.78, 5) is 11.2. The van der Waals surface area contributed by atoms with Gasteiger partial charge in [0.2, 0.25) is 0 Å². The van der Waals surface area contributed by atoms with Gasteiger partial charge in [0.05, 0.1) is 13.7 Å². The van der Waals surface area contributed by atoms with Crippen LogP contribution in [-0.4, -0.2) is 46.4 Å². The molecule has 4 rings (SSSR count). The molecular weight excluding hydrogens is 400 g/mol. The second-order valence-corrected chi connectivity index (χ2v) is 7.49. The van der Waals surface area contributed by atoms with Crippen molar-refractivity contribution in [1.29, 1.82) is 0 Å². The van der Waals surface area contributed by atoms with Gasteiger partial charge in [0.1, 0.15) is 11.9 Å². The summed E-state index contributed by atoms with van der Waals surface area (Å²) in [5.74, 6) is 1.99. The summed E-state index contributed by atoms with van der Waals surface area (Å²) in [5, 5.41) is 12.8. The highest BCUT2D eigenvalue weighted by Crippen LogP contribution is 2.30. The van der Waals surface area contributed by atoms with Crippen molar-refractivity contribution in [2.75, 3.05) is 19.4 Å². The third-order valence-electron chi connectivity index (χ3n) is 4.19. The van der Waals surface area contributed by atoms with Crippen molar-refractivity contribution in [3.05, 3.63) is 53.6 Å². The molecule has 9 heteroatoms. The van der Waals surface area contributed by atoms with Gasteiger partial charge in [0.25, 0.3) is 0 Å². The van der Waals surface area contributed by atoms with E-state index in [1.54, 1.807) is 7.11 Å². The van der Waals surface area contributed by atoms with E-state index in [2.05, 4.69) is 15.5 Å². The van der Waals surface area contributed by atoms with Crippen LogP contribution in [0, 0.1) is 0 Å². The Morgan fingerprint density at radius 2 is 2.11 bits per heavy atom. The van der Waals surface area contributed by atoms with Crippen molar-refractivity contribution in [2.24, 2.45) is 0 Å². The number of methoxy groups -OCH3 is 1. The Labute approximate surface area is 171 Å². The predicted molar refractivity (Wildman–Crippen MR) is 107 cm³/mol. The van der Waals surface area contributed by atoms with Crippen molar-refractivity contribution in [2.45, 2.75) is 11.3 Å². The zero-order valence-corrected chi connectivity index (χ0v) is 16.5. The molecule has 1 fully saturated rings. The number of carbonyl (C=O) groups excluding carboxylic acids is 1. The van der Waals surface area contributed by atoms with Crippen LogP contribution in [0.1, 0.15) is 0 Å². The molecule has 1 aliphatic heterocycles. The molecule has 0 radical (unpaired) electrons.